The molecule has 0 rings (SSSR count). The standard InChI is InChI=1S/C5H11N2O5P/c1-5(9)6-2-3-7(4-8)13(10,11)12/h4H,2-3H2,1H3,(H,6,9)(H2,10,11,12). The number of hydrogen-bond donors (Lipinski definition) is 3. The molecule has 76 valence electrons. The van der Waals surface area contributed by atoms with E-state index >= 15 is 0 Å². The van der Waals surface area contributed by atoms with Crippen molar-refractivity contribution in [2.24, 2.45) is 0 Å². The van der Waals surface area contributed by atoms with Gasteiger partial charge in [0.15, 0.2) is 0 Å². The lowest BCUT2D eigenvalue weighted by molar-refractivity contribution is -0.120. The summed E-state index contributed by atoms with van der Waals surface area (Å²) in [5, 5.41) is 2.30. The van der Waals surface area contributed by atoms with Crippen LogP contribution in [0.3, 0.4) is 0 Å². The maximum atomic E-state index is 10.5. The van der Waals surface area contributed by atoms with Crippen molar-refractivity contribution < 1.29 is 23.9 Å². The van der Waals surface area contributed by atoms with Crippen molar-refractivity contribution in [3.05, 3.63) is 0 Å². The van der Waals surface area contributed by atoms with Crippen molar-refractivity contribution in [2.75, 3.05) is 13.1 Å². The summed E-state index contributed by atoms with van der Waals surface area (Å²) in [6.07, 6.45) is 0.0442. The molecule has 3 N–H and O–H groups in total. The zero-order valence-corrected chi connectivity index (χ0v) is 7.90. The number of nitrogens with zero attached hydrogens (tertiary/aromatic N) is 1. The molecule has 0 bridgehead atoms. The van der Waals surface area contributed by atoms with E-state index < -0.39 is 7.75 Å². The Bertz CT molecular complexity index is 237. The molecule has 0 aromatic carbocycles. The third kappa shape index (κ3) is 5.35. The summed E-state index contributed by atoms with van der Waals surface area (Å²) in [7, 11) is -4.52. The normalized spacial score (nSPS) is 10.7. The van der Waals surface area contributed by atoms with E-state index in [1.54, 1.807) is 0 Å². The zero-order chi connectivity index (χ0) is 10.5. The molecule has 0 saturated carbocycles. The monoisotopic (exact) mass is 210 g/mol. The van der Waals surface area contributed by atoms with Gasteiger partial charge in [0, 0.05) is 20.0 Å². The molecule has 0 unspecified atom stereocenters. The van der Waals surface area contributed by atoms with Crippen molar-refractivity contribution in [1.29, 1.82) is 0 Å². The first-order valence-electron chi connectivity index (χ1n) is 3.40. The molecule has 2 amide bonds. The van der Waals surface area contributed by atoms with E-state index in [9.17, 15) is 14.2 Å². The Morgan fingerprint density at radius 2 is 2.15 bits per heavy atom. The van der Waals surface area contributed by atoms with Crippen LogP contribution in [0.1, 0.15) is 6.92 Å². The second-order valence-electron chi connectivity index (χ2n) is 2.26. The molecule has 0 fully saturated rings. The Labute approximate surface area is 74.9 Å². The van der Waals surface area contributed by atoms with Gasteiger partial charge >= 0.3 is 7.75 Å². The molecule has 0 atom stereocenters. The molecule has 0 saturated heterocycles. The summed E-state index contributed by atoms with van der Waals surface area (Å²) in [5.41, 5.74) is 0. The average Bonchev–Trinajstić information content (AvgIpc) is 1.95. The van der Waals surface area contributed by atoms with Gasteiger partial charge in [-0.15, -0.1) is 0 Å². The van der Waals surface area contributed by atoms with Gasteiger partial charge in [0.25, 0.3) is 0 Å². The van der Waals surface area contributed by atoms with E-state index in [-0.39, 0.29) is 25.4 Å². The quantitative estimate of drug-likeness (QED) is 0.385. The van der Waals surface area contributed by atoms with Crippen LogP contribution in [0.2, 0.25) is 0 Å². The highest BCUT2D eigenvalue weighted by Gasteiger charge is 2.22. The van der Waals surface area contributed by atoms with Crippen molar-refractivity contribution in [3.8, 4) is 0 Å². The number of carbonyl (C=O) groups excluding carboxylic acids is 2. The molecule has 0 aliphatic rings. The smallest absolute Gasteiger partial charge is 0.355 e. The molecule has 0 aromatic heterocycles. The molecule has 0 heterocycles. The van der Waals surface area contributed by atoms with Crippen LogP contribution in [0, 0.1) is 0 Å². The zero-order valence-electron chi connectivity index (χ0n) is 7.01. The molecular formula is C5H11N2O5P. The third-order valence-electron chi connectivity index (χ3n) is 1.17. The summed E-state index contributed by atoms with van der Waals surface area (Å²) in [6, 6.07) is 0. The first kappa shape index (κ1) is 12.1. The van der Waals surface area contributed by atoms with Crippen LogP contribution in [-0.4, -0.2) is 39.9 Å². The van der Waals surface area contributed by atoms with Gasteiger partial charge in [0.05, 0.1) is 0 Å². The van der Waals surface area contributed by atoms with Gasteiger partial charge in [0.2, 0.25) is 12.3 Å². The Hall–Kier alpha value is -0.910. The highest BCUT2D eigenvalue weighted by Crippen LogP contribution is 2.37. The van der Waals surface area contributed by atoms with E-state index in [4.69, 9.17) is 9.79 Å². The average molecular weight is 210 g/mol. The first-order valence-corrected chi connectivity index (χ1v) is 4.97. The summed E-state index contributed by atoms with van der Waals surface area (Å²) in [6.45, 7) is 1.06. The number of rotatable bonds is 5. The number of amides is 2. The van der Waals surface area contributed by atoms with Gasteiger partial charge in [-0.05, 0) is 0 Å². The van der Waals surface area contributed by atoms with Gasteiger partial charge in [-0.3, -0.25) is 14.3 Å². The van der Waals surface area contributed by atoms with Crippen LogP contribution in [0.5, 0.6) is 0 Å². The third-order valence-corrected chi connectivity index (χ3v) is 2.13. The predicted molar refractivity (Wildman–Crippen MR) is 43.5 cm³/mol. The molecule has 0 spiro atoms. The predicted octanol–water partition coefficient (Wildman–Crippen LogP) is -1.33. The minimum absolute atomic E-state index is 0.0131. The Morgan fingerprint density at radius 1 is 1.62 bits per heavy atom. The van der Waals surface area contributed by atoms with E-state index in [1.807, 2.05) is 0 Å². The second-order valence-corrected chi connectivity index (χ2v) is 3.81. The van der Waals surface area contributed by atoms with Gasteiger partial charge in [-0.1, -0.05) is 0 Å². The summed E-state index contributed by atoms with van der Waals surface area (Å²) in [4.78, 5) is 37.6. The van der Waals surface area contributed by atoms with Gasteiger partial charge in [-0.2, -0.15) is 0 Å². The SMILES string of the molecule is CC(=O)NCCN(C=O)P(=O)(O)O. The van der Waals surface area contributed by atoms with E-state index in [1.165, 1.54) is 6.92 Å². The van der Waals surface area contributed by atoms with Crippen LogP contribution in [-0.2, 0) is 14.2 Å². The molecule has 0 radical (unpaired) electrons. The molecule has 13 heavy (non-hydrogen) atoms. The maximum Gasteiger partial charge on any atom is 0.432 e. The van der Waals surface area contributed by atoms with Crippen LogP contribution in [0.15, 0.2) is 0 Å². The number of carbonyl (C=O) groups is 2. The van der Waals surface area contributed by atoms with Gasteiger partial charge < -0.3 is 15.1 Å². The largest absolute Gasteiger partial charge is 0.432 e. The van der Waals surface area contributed by atoms with E-state index in [0.29, 0.717) is 4.67 Å². The van der Waals surface area contributed by atoms with Crippen molar-refractivity contribution in [2.45, 2.75) is 6.92 Å². The molecule has 0 aromatic rings. The van der Waals surface area contributed by atoms with E-state index in [2.05, 4.69) is 5.32 Å². The molecule has 7 nitrogen and oxygen atoms in total. The fraction of sp³-hybridized carbons (Fsp3) is 0.600. The highest BCUT2D eigenvalue weighted by molar-refractivity contribution is 7.49. The van der Waals surface area contributed by atoms with Gasteiger partial charge in [-0.25, -0.2) is 4.57 Å². The highest BCUT2D eigenvalue weighted by atomic mass is 31.2. The molecule has 0 aliphatic carbocycles. The molecule has 0 aliphatic heterocycles. The minimum Gasteiger partial charge on any atom is -0.355 e. The van der Waals surface area contributed by atoms with Crippen LogP contribution < -0.4 is 5.32 Å². The summed E-state index contributed by atoms with van der Waals surface area (Å²) in [5.74, 6) is -0.323. The lowest BCUT2D eigenvalue weighted by atomic mass is 10.6. The summed E-state index contributed by atoms with van der Waals surface area (Å²) < 4.78 is 10.8. The van der Waals surface area contributed by atoms with Crippen LogP contribution in [0.25, 0.3) is 0 Å². The minimum atomic E-state index is -4.52. The van der Waals surface area contributed by atoms with Crippen LogP contribution >= 0.6 is 7.75 Å². The molecule has 8 heteroatoms. The lowest BCUT2D eigenvalue weighted by Crippen LogP contribution is -2.31. The van der Waals surface area contributed by atoms with Gasteiger partial charge in [0.1, 0.15) is 0 Å². The molecular weight excluding hydrogens is 199 g/mol. The van der Waals surface area contributed by atoms with E-state index in [0.717, 1.165) is 0 Å². The topological polar surface area (TPSA) is 107 Å². The second kappa shape index (κ2) is 4.96. The fourth-order valence-electron chi connectivity index (χ4n) is 0.591. The van der Waals surface area contributed by atoms with Crippen molar-refractivity contribution in [3.63, 3.8) is 0 Å². The van der Waals surface area contributed by atoms with Crippen LogP contribution in [0.4, 0.5) is 0 Å². The lowest BCUT2D eigenvalue weighted by Gasteiger charge is -2.17. The number of nitrogens with one attached hydrogen (secondary N) is 1. The Morgan fingerprint density at radius 3 is 2.46 bits per heavy atom. The fourth-order valence-corrected chi connectivity index (χ4v) is 1.07. The number of hydrogen-bond acceptors (Lipinski definition) is 3. The first-order chi connectivity index (χ1) is 5.88. The Balaban J connectivity index is 3.94. The maximum absolute atomic E-state index is 10.5. The Kier molecular flexibility index (Phi) is 4.61. The van der Waals surface area contributed by atoms with Crippen molar-refractivity contribution in [1.82, 2.24) is 9.99 Å². The van der Waals surface area contributed by atoms with Crippen molar-refractivity contribution >= 4 is 20.1 Å². The summed E-state index contributed by atoms with van der Waals surface area (Å²) >= 11 is 0.